The van der Waals surface area contributed by atoms with Crippen LogP contribution < -0.4 is 0 Å². The third-order valence-electron chi connectivity index (χ3n) is 1.56. The third kappa shape index (κ3) is 40.3. The van der Waals surface area contributed by atoms with Crippen LogP contribution in [-0.4, -0.2) is 0 Å². The third-order valence-corrected chi connectivity index (χ3v) is 1.56. The Morgan fingerprint density at radius 1 is 0.643 bits per heavy atom. The zero-order valence-electron chi connectivity index (χ0n) is 12.4. The van der Waals surface area contributed by atoms with Crippen molar-refractivity contribution >= 4 is 0 Å². The van der Waals surface area contributed by atoms with Crippen LogP contribution in [0.25, 0.3) is 0 Å². The molecular formula is C14H36. The highest BCUT2D eigenvalue weighted by atomic mass is 14.0. The average Bonchev–Trinajstić information content (AvgIpc) is 2.27. The lowest BCUT2D eigenvalue weighted by Gasteiger charge is -2.05. The summed E-state index contributed by atoms with van der Waals surface area (Å²) in [6.07, 6.45) is 5.52. The highest BCUT2D eigenvalue weighted by Crippen LogP contribution is 2.10. The summed E-state index contributed by atoms with van der Waals surface area (Å²) in [5.74, 6) is 0.963. The van der Waals surface area contributed by atoms with Crippen molar-refractivity contribution in [3.8, 4) is 0 Å². The molecule has 0 aliphatic rings. The van der Waals surface area contributed by atoms with Gasteiger partial charge in [-0.2, -0.15) is 0 Å². The topological polar surface area (TPSA) is 0 Å². The second-order valence-electron chi connectivity index (χ2n) is 2.68. The van der Waals surface area contributed by atoms with Gasteiger partial charge in [0.1, 0.15) is 0 Å². The van der Waals surface area contributed by atoms with Gasteiger partial charge < -0.3 is 0 Å². The zero-order valence-corrected chi connectivity index (χ0v) is 12.4. The van der Waals surface area contributed by atoms with Crippen LogP contribution in [0.3, 0.4) is 0 Å². The van der Waals surface area contributed by atoms with Crippen molar-refractivity contribution in [2.24, 2.45) is 5.92 Å². The van der Waals surface area contributed by atoms with E-state index in [1.165, 1.54) is 25.7 Å². The maximum atomic E-state index is 2.34. The van der Waals surface area contributed by atoms with E-state index in [-0.39, 0.29) is 0 Å². The highest BCUT2D eigenvalue weighted by Gasteiger charge is 1.95. The summed E-state index contributed by atoms with van der Waals surface area (Å²) in [5, 5.41) is 0. The molecule has 0 unspecified atom stereocenters. The summed E-state index contributed by atoms with van der Waals surface area (Å²) < 4.78 is 0. The first kappa shape index (κ1) is 23.7. The first-order valence-corrected chi connectivity index (χ1v) is 6.81. The molecule has 0 fully saturated rings. The minimum atomic E-state index is 0.963. The summed E-state index contributed by atoms with van der Waals surface area (Å²) in [4.78, 5) is 0. The molecule has 0 aromatic carbocycles. The minimum Gasteiger partial charge on any atom is -0.0683 e. The molecule has 0 nitrogen and oxygen atoms in total. The molecule has 0 atom stereocenters. The van der Waals surface area contributed by atoms with E-state index in [1.807, 2.05) is 41.5 Å². The Hall–Kier alpha value is 0. The number of hydrogen-bond acceptors (Lipinski definition) is 0. The summed E-state index contributed by atoms with van der Waals surface area (Å²) in [7, 11) is 0. The molecule has 0 saturated carbocycles. The predicted molar refractivity (Wildman–Crippen MR) is 73.0 cm³/mol. The molecule has 0 aliphatic heterocycles. The van der Waals surface area contributed by atoms with Crippen LogP contribution in [0, 0.1) is 5.92 Å². The predicted octanol–water partition coefficient (Wildman–Crippen LogP) is 6.30. The molecule has 0 aliphatic carbocycles. The van der Waals surface area contributed by atoms with Crippen molar-refractivity contribution in [1.29, 1.82) is 0 Å². The Bertz CT molecular complexity index is 33.3. The van der Waals surface area contributed by atoms with Crippen LogP contribution >= 0.6 is 0 Å². The molecular weight excluding hydrogens is 168 g/mol. The van der Waals surface area contributed by atoms with Crippen molar-refractivity contribution in [3.63, 3.8) is 0 Å². The minimum absolute atomic E-state index is 0.963. The fourth-order valence-electron chi connectivity index (χ4n) is 1.13. The Balaban J connectivity index is -0.0000000708. The fraction of sp³-hybridized carbons (Fsp3) is 1.00. The summed E-state index contributed by atoms with van der Waals surface area (Å²) in [5.41, 5.74) is 0. The first-order chi connectivity index (χ1) is 6.81. The van der Waals surface area contributed by atoms with Crippen molar-refractivity contribution < 1.29 is 0 Å². The number of hydrogen-bond donors (Lipinski definition) is 0. The van der Waals surface area contributed by atoms with Gasteiger partial charge in [0.2, 0.25) is 0 Å². The van der Waals surface area contributed by atoms with E-state index < -0.39 is 0 Å². The smallest absolute Gasteiger partial charge is 0.0443 e. The van der Waals surface area contributed by atoms with Gasteiger partial charge in [0.25, 0.3) is 0 Å². The van der Waals surface area contributed by atoms with Gasteiger partial charge in [0.15, 0.2) is 0 Å². The summed E-state index contributed by atoms with van der Waals surface area (Å²) in [6.45, 7) is 18.9. The van der Waals surface area contributed by atoms with Crippen molar-refractivity contribution in [2.75, 3.05) is 0 Å². The van der Waals surface area contributed by atoms with E-state index in [0.717, 1.165) is 5.92 Å². The molecule has 14 heavy (non-hydrogen) atoms. The van der Waals surface area contributed by atoms with E-state index in [4.69, 9.17) is 0 Å². The van der Waals surface area contributed by atoms with E-state index >= 15 is 0 Å². The molecule has 0 amide bonds. The lowest BCUT2D eigenvalue weighted by molar-refractivity contribution is 0.480. The van der Waals surface area contributed by atoms with E-state index in [1.54, 1.807) is 0 Å². The quantitative estimate of drug-likeness (QED) is 0.504. The molecule has 0 saturated heterocycles. The van der Waals surface area contributed by atoms with Crippen LogP contribution in [0.15, 0.2) is 0 Å². The lowest BCUT2D eigenvalue weighted by Crippen LogP contribution is -1.91. The van der Waals surface area contributed by atoms with Crippen LogP contribution in [-0.2, 0) is 0 Å². The zero-order chi connectivity index (χ0) is 12.4. The summed E-state index contributed by atoms with van der Waals surface area (Å²) in [6, 6.07) is 0. The van der Waals surface area contributed by atoms with Gasteiger partial charge in [-0.05, 0) is 5.92 Å². The average molecular weight is 204 g/mol. The normalized spacial score (nSPS) is 7.29. The molecule has 92 valence electrons. The molecule has 0 heterocycles. The van der Waals surface area contributed by atoms with Crippen molar-refractivity contribution in [1.82, 2.24) is 0 Å². The first-order valence-electron chi connectivity index (χ1n) is 6.81. The van der Waals surface area contributed by atoms with Crippen LogP contribution in [0.5, 0.6) is 0 Å². The molecule has 0 bridgehead atoms. The van der Waals surface area contributed by atoms with Gasteiger partial charge in [-0.15, -0.1) is 0 Å². The van der Waals surface area contributed by atoms with Gasteiger partial charge in [-0.3, -0.25) is 0 Å². The monoisotopic (exact) mass is 204 g/mol. The van der Waals surface area contributed by atoms with Gasteiger partial charge in [0, 0.05) is 0 Å². The molecule has 0 aromatic heterocycles. The molecule has 0 heteroatoms. The fourth-order valence-corrected chi connectivity index (χ4v) is 1.13. The maximum absolute atomic E-state index is 2.34. The number of rotatable bonds is 4. The molecule has 0 radical (unpaired) electrons. The van der Waals surface area contributed by atoms with E-state index in [2.05, 4.69) is 20.8 Å². The van der Waals surface area contributed by atoms with E-state index in [0.29, 0.717) is 0 Å². The van der Waals surface area contributed by atoms with Crippen LogP contribution in [0.2, 0.25) is 0 Å². The largest absolute Gasteiger partial charge is 0.0683 e. The summed E-state index contributed by atoms with van der Waals surface area (Å²) >= 11 is 0. The van der Waals surface area contributed by atoms with Gasteiger partial charge in [0.05, 0.1) is 0 Å². The molecule has 0 spiro atoms. The van der Waals surface area contributed by atoms with E-state index in [9.17, 15) is 0 Å². The standard InChI is InChI=1S/C8H18.3C2H6/c1-4-6-8(3)7-5-2;3*1-2/h8H,4-7H2,1-3H3;3*1-2H3. The van der Waals surface area contributed by atoms with Crippen molar-refractivity contribution in [2.45, 2.75) is 88.0 Å². The lowest BCUT2D eigenvalue weighted by atomic mass is 10.0. The van der Waals surface area contributed by atoms with Gasteiger partial charge in [-0.25, -0.2) is 0 Å². The van der Waals surface area contributed by atoms with Gasteiger partial charge in [-0.1, -0.05) is 88.0 Å². The maximum Gasteiger partial charge on any atom is -0.0443 e. The van der Waals surface area contributed by atoms with Crippen LogP contribution in [0.4, 0.5) is 0 Å². The second-order valence-corrected chi connectivity index (χ2v) is 2.68. The Labute approximate surface area is 94.5 Å². The molecule has 0 rings (SSSR count). The SMILES string of the molecule is CC.CC.CC.CCCC(C)CCC. The van der Waals surface area contributed by atoms with Gasteiger partial charge >= 0.3 is 0 Å². The Kier molecular flexibility index (Phi) is 64.6. The highest BCUT2D eigenvalue weighted by molar-refractivity contribution is 4.48. The molecule has 0 N–H and O–H groups in total. The second kappa shape index (κ2) is 38.2. The Morgan fingerprint density at radius 2 is 0.857 bits per heavy atom. The van der Waals surface area contributed by atoms with Crippen molar-refractivity contribution in [3.05, 3.63) is 0 Å². The molecule has 0 aromatic rings. The van der Waals surface area contributed by atoms with Crippen LogP contribution in [0.1, 0.15) is 88.0 Å². The Morgan fingerprint density at radius 3 is 1.00 bits per heavy atom.